The van der Waals surface area contributed by atoms with E-state index >= 15 is 0 Å². The highest BCUT2D eigenvalue weighted by molar-refractivity contribution is 6.06. The Hall–Kier alpha value is -2.27. The van der Waals surface area contributed by atoms with E-state index in [0.717, 1.165) is 10.8 Å². The maximum absolute atomic E-state index is 12.6. The van der Waals surface area contributed by atoms with Crippen molar-refractivity contribution in [1.29, 1.82) is 0 Å². The van der Waals surface area contributed by atoms with Crippen molar-refractivity contribution in [2.24, 2.45) is 0 Å². The number of aliphatic hydroxyl groups excluding tert-OH is 1. The fourth-order valence-electron chi connectivity index (χ4n) is 2.29. The van der Waals surface area contributed by atoms with E-state index in [0.29, 0.717) is 17.1 Å². The lowest BCUT2D eigenvalue weighted by Gasteiger charge is -2.25. The Labute approximate surface area is 129 Å². The molecule has 0 aliphatic carbocycles. The Kier molecular flexibility index (Phi) is 4.56. The summed E-state index contributed by atoms with van der Waals surface area (Å²) in [5.74, 6) is 0.543. The predicted molar refractivity (Wildman–Crippen MR) is 85.7 cm³/mol. The highest BCUT2D eigenvalue weighted by Crippen LogP contribution is 2.37. The first kappa shape index (κ1) is 16.1. The normalized spacial score (nSPS) is 11.3. The van der Waals surface area contributed by atoms with Gasteiger partial charge in [-0.2, -0.15) is 0 Å². The molecule has 5 nitrogen and oxygen atoms in total. The van der Waals surface area contributed by atoms with Gasteiger partial charge in [-0.3, -0.25) is 4.79 Å². The van der Waals surface area contributed by atoms with Gasteiger partial charge in [0.05, 0.1) is 26.4 Å². The van der Waals surface area contributed by atoms with Crippen molar-refractivity contribution in [3.8, 4) is 11.5 Å². The maximum Gasteiger partial charge on any atom is 0.259 e. The second-order valence-electron chi connectivity index (χ2n) is 5.70. The van der Waals surface area contributed by atoms with Crippen LogP contribution in [0, 0.1) is 0 Å². The van der Waals surface area contributed by atoms with Gasteiger partial charge in [0, 0.05) is 5.39 Å². The van der Waals surface area contributed by atoms with Gasteiger partial charge in [0.1, 0.15) is 17.1 Å². The number of benzene rings is 2. The number of nitrogens with one attached hydrogen (secondary N) is 1. The summed E-state index contributed by atoms with van der Waals surface area (Å²) in [6, 6.07) is 9.42. The van der Waals surface area contributed by atoms with Crippen LogP contribution in [-0.2, 0) is 0 Å². The number of hydrogen-bond acceptors (Lipinski definition) is 4. The van der Waals surface area contributed by atoms with E-state index in [9.17, 15) is 9.90 Å². The topological polar surface area (TPSA) is 67.8 Å². The number of carbonyl (C=O) groups excluding carboxylic acids is 1. The molecule has 0 heterocycles. The zero-order valence-electron chi connectivity index (χ0n) is 13.3. The average Bonchev–Trinajstić information content (AvgIpc) is 2.52. The van der Waals surface area contributed by atoms with Gasteiger partial charge in [-0.1, -0.05) is 24.3 Å². The van der Waals surface area contributed by atoms with Crippen LogP contribution in [0.25, 0.3) is 10.8 Å². The maximum atomic E-state index is 12.6. The van der Waals surface area contributed by atoms with E-state index in [1.165, 1.54) is 14.2 Å². The molecule has 118 valence electrons. The molecule has 5 heteroatoms. The lowest BCUT2D eigenvalue weighted by atomic mass is 10.0. The number of aliphatic hydroxyl groups is 1. The van der Waals surface area contributed by atoms with Gasteiger partial charge in [-0.15, -0.1) is 0 Å². The van der Waals surface area contributed by atoms with Crippen LogP contribution in [0.1, 0.15) is 24.2 Å². The summed E-state index contributed by atoms with van der Waals surface area (Å²) in [5, 5.41) is 13.9. The summed E-state index contributed by atoms with van der Waals surface area (Å²) >= 11 is 0. The molecule has 2 N–H and O–H groups in total. The van der Waals surface area contributed by atoms with Crippen molar-refractivity contribution in [1.82, 2.24) is 5.32 Å². The van der Waals surface area contributed by atoms with E-state index in [-0.39, 0.29) is 12.5 Å². The summed E-state index contributed by atoms with van der Waals surface area (Å²) < 4.78 is 10.8. The number of hydrogen-bond donors (Lipinski definition) is 2. The Morgan fingerprint density at radius 2 is 1.91 bits per heavy atom. The van der Waals surface area contributed by atoms with Gasteiger partial charge in [0.2, 0.25) is 0 Å². The Morgan fingerprint density at radius 1 is 1.23 bits per heavy atom. The number of amides is 1. The second kappa shape index (κ2) is 6.23. The molecule has 0 spiro atoms. The quantitative estimate of drug-likeness (QED) is 0.890. The zero-order valence-corrected chi connectivity index (χ0v) is 13.3. The summed E-state index contributed by atoms with van der Waals surface area (Å²) in [6.07, 6.45) is 0. The van der Waals surface area contributed by atoms with Gasteiger partial charge in [-0.05, 0) is 25.3 Å². The molecule has 1 amide bonds. The molecule has 0 bridgehead atoms. The molecule has 0 saturated carbocycles. The van der Waals surface area contributed by atoms with Gasteiger partial charge < -0.3 is 19.9 Å². The first-order valence-corrected chi connectivity index (χ1v) is 7.00. The lowest BCUT2D eigenvalue weighted by molar-refractivity contribution is 0.0863. The molecular formula is C17H21NO4. The first-order valence-electron chi connectivity index (χ1n) is 7.00. The third-order valence-electron chi connectivity index (χ3n) is 3.46. The van der Waals surface area contributed by atoms with E-state index in [4.69, 9.17) is 9.47 Å². The standard InChI is InChI=1S/C17H21NO4/c1-17(2,10-19)18-16(20)14-13(21-3)9-11-7-5-6-8-12(11)15(14)22-4/h5-9,19H,10H2,1-4H3,(H,18,20). The van der Waals surface area contributed by atoms with Crippen molar-refractivity contribution >= 4 is 16.7 Å². The molecule has 0 unspecified atom stereocenters. The molecule has 0 aromatic heterocycles. The van der Waals surface area contributed by atoms with Crippen molar-refractivity contribution < 1.29 is 19.4 Å². The number of fused-ring (bicyclic) bond motifs is 1. The van der Waals surface area contributed by atoms with Crippen LogP contribution < -0.4 is 14.8 Å². The molecule has 22 heavy (non-hydrogen) atoms. The molecule has 0 atom stereocenters. The fourth-order valence-corrected chi connectivity index (χ4v) is 2.29. The minimum atomic E-state index is -0.737. The Bertz CT molecular complexity index is 694. The predicted octanol–water partition coefficient (Wildman–Crippen LogP) is 2.36. The number of ether oxygens (including phenoxy) is 2. The highest BCUT2D eigenvalue weighted by atomic mass is 16.5. The molecule has 0 saturated heterocycles. The molecule has 0 aliphatic heterocycles. The van der Waals surface area contributed by atoms with Gasteiger partial charge in [0.15, 0.2) is 0 Å². The van der Waals surface area contributed by atoms with E-state index in [1.54, 1.807) is 19.9 Å². The van der Waals surface area contributed by atoms with Crippen LogP contribution >= 0.6 is 0 Å². The van der Waals surface area contributed by atoms with Crippen LogP contribution in [0.2, 0.25) is 0 Å². The molecule has 0 fully saturated rings. The first-order chi connectivity index (χ1) is 10.4. The van der Waals surface area contributed by atoms with Gasteiger partial charge >= 0.3 is 0 Å². The average molecular weight is 303 g/mol. The van der Waals surface area contributed by atoms with Crippen molar-refractivity contribution in [3.63, 3.8) is 0 Å². The van der Waals surface area contributed by atoms with Crippen LogP contribution in [-0.4, -0.2) is 37.4 Å². The summed E-state index contributed by atoms with van der Waals surface area (Å²) in [4.78, 5) is 12.6. The fraction of sp³-hybridized carbons (Fsp3) is 0.353. The largest absolute Gasteiger partial charge is 0.496 e. The minimum absolute atomic E-state index is 0.170. The van der Waals surface area contributed by atoms with E-state index < -0.39 is 5.54 Å². The SMILES string of the molecule is COc1cc2ccccc2c(OC)c1C(=O)NC(C)(C)CO. The molecule has 2 rings (SSSR count). The van der Waals surface area contributed by atoms with Crippen molar-refractivity contribution in [2.75, 3.05) is 20.8 Å². The second-order valence-corrected chi connectivity index (χ2v) is 5.70. The summed E-state index contributed by atoms with van der Waals surface area (Å²) in [7, 11) is 3.03. The summed E-state index contributed by atoms with van der Waals surface area (Å²) in [5.41, 5.74) is -0.413. The Balaban J connectivity index is 2.63. The zero-order chi connectivity index (χ0) is 16.3. The Morgan fingerprint density at radius 3 is 2.50 bits per heavy atom. The van der Waals surface area contributed by atoms with Crippen molar-refractivity contribution in [2.45, 2.75) is 19.4 Å². The van der Waals surface area contributed by atoms with Gasteiger partial charge in [0.25, 0.3) is 5.91 Å². The smallest absolute Gasteiger partial charge is 0.259 e. The number of methoxy groups -OCH3 is 2. The van der Waals surface area contributed by atoms with Crippen LogP contribution in [0.3, 0.4) is 0 Å². The third-order valence-corrected chi connectivity index (χ3v) is 3.46. The van der Waals surface area contributed by atoms with Crippen LogP contribution in [0.15, 0.2) is 30.3 Å². The minimum Gasteiger partial charge on any atom is -0.496 e. The number of carbonyl (C=O) groups is 1. The van der Waals surface area contributed by atoms with Crippen LogP contribution in [0.5, 0.6) is 11.5 Å². The third kappa shape index (κ3) is 2.99. The number of rotatable bonds is 5. The molecule has 0 radical (unpaired) electrons. The lowest BCUT2D eigenvalue weighted by Crippen LogP contribution is -2.46. The van der Waals surface area contributed by atoms with E-state index in [1.807, 2.05) is 24.3 Å². The monoisotopic (exact) mass is 303 g/mol. The molecule has 0 aliphatic rings. The molecule has 2 aromatic rings. The molecular weight excluding hydrogens is 282 g/mol. The highest BCUT2D eigenvalue weighted by Gasteiger charge is 2.26. The van der Waals surface area contributed by atoms with Crippen molar-refractivity contribution in [3.05, 3.63) is 35.9 Å². The summed E-state index contributed by atoms with van der Waals surface area (Å²) in [6.45, 7) is 3.31. The van der Waals surface area contributed by atoms with E-state index in [2.05, 4.69) is 5.32 Å². The van der Waals surface area contributed by atoms with Crippen LogP contribution in [0.4, 0.5) is 0 Å². The van der Waals surface area contributed by atoms with Gasteiger partial charge in [-0.25, -0.2) is 0 Å². The molecule has 2 aromatic carbocycles.